The lowest BCUT2D eigenvalue weighted by atomic mass is 10.0. The van der Waals surface area contributed by atoms with Crippen LogP contribution in [0, 0.1) is 0 Å². The molecule has 13 nitrogen and oxygen atoms in total. The van der Waals surface area contributed by atoms with Gasteiger partial charge in [0.2, 0.25) is 17.7 Å². The van der Waals surface area contributed by atoms with Gasteiger partial charge in [-0.05, 0) is 24.0 Å². The molecule has 3 amide bonds. The molecule has 0 fully saturated rings. The van der Waals surface area contributed by atoms with Gasteiger partial charge in [0, 0.05) is 24.7 Å². The number of aromatic nitrogens is 2. The van der Waals surface area contributed by atoms with E-state index in [4.69, 9.17) is 5.73 Å². The van der Waals surface area contributed by atoms with Crippen molar-refractivity contribution in [1.29, 1.82) is 0 Å². The molecular formula is C24H32N6O7S. The fourth-order valence-corrected chi connectivity index (χ4v) is 3.95. The van der Waals surface area contributed by atoms with Crippen molar-refractivity contribution in [3.8, 4) is 0 Å². The zero-order valence-electron chi connectivity index (χ0n) is 20.8. The van der Waals surface area contributed by atoms with Crippen molar-refractivity contribution in [3.05, 3.63) is 54.1 Å². The Morgan fingerprint density at radius 2 is 1.58 bits per heavy atom. The summed E-state index contributed by atoms with van der Waals surface area (Å²) >= 11 is 1.51. The van der Waals surface area contributed by atoms with Crippen LogP contribution in [0.3, 0.4) is 0 Å². The molecule has 0 aliphatic carbocycles. The molecular weight excluding hydrogens is 516 g/mol. The van der Waals surface area contributed by atoms with Crippen LogP contribution in [0.2, 0.25) is 0 Å². The summed E-state index contributed by atoms with van der Waals surface area (Å²) in [5.74, 6) is -4.53. The van der Waals surface area contributed by atoms with Gasteiger partial charge < -0.3 is 36.9 Å². The van der Waals surface area contributed by atoms with Crippen molar-refractivity contribution >= 4 is 41.4 Å². The number of thioether (sulfide) groups is 1. The van der Waals surface area contributed by atoms with Gasteiger partial charge in [0.15, 0.2) is 0 Å². The number of rotatable bonds is 16. The number of nitrogens with zero attached hydrogens (tertiary/aromatic N) is 1. The summed E-state index contributed by atoms with van der Waals surface area (Å²) in [6.45, 7) is 0. The lowest BCUT2D eigenvalue weighted by molar-refractivity contribution is -0.143. The van der Waals surface area contributed by atoms with E-state index in [1.807, 2.05) is 6.26 Å². The zero-order valence-corrected chi connectivity index (χ0v) is 21.6. The van der Waals surface area contributed by atoms with Crippen molar-refractivity contribution in [2.75, 3.05) is 12.0 Å². The van der Waals surface area contributed by atoms with Gasteiger partial charge in [-0.2, -0.15) is 11.8 Å². The van der Waals surface area contributed by atoms with Crippen LogP contribution in [0.4, 0.5) is 0 Å². The van der Waals surface area contributed by atoms with Crippen LogP contribution in [-0.4, -0.2) is 86.0 Å². The third-order valence-corrected chi connectivity index (χ3v) is 6.13. The van der Waals surface area contributed by atoms with E-state index < -0.39 is 60.2 Å². The lowest BCUT2D eigenvalue weighted by Crippen LogP contribution is -2.58. The second-order valence-corrected chi connectivity index (χ2v) is 9.46. The van der Waals surface area contributed by atoms with Crippen LogP contribution >= 0.6 is 11.8 Å². The van der Waals surface area contributed by atoms with Crippen molar-refractivity contribution in [2.45, 2.75) is 49.9 Å². The molecule has 0 aliphatic heterocycles. The van der Waals surface area contributed by atoms with E-state index in [-0.39, 0.29) is 12.8 Å². The van der Waals surface area contributed by atoms with Crippen molar-refractivity contribution < 1.29 is 34.2 Å². The summed E-state index contributed by atoms with van der Waals surface area (Å²) in [7, 11) is 0. The third kappa shape index (κ3) is 10.2. The summed E-state index contributed by atoms with van der Waals surface area (Å²) in [5, 5.41) is 26.1. The van der Waals surface area contributed by atoms with Crippen LogP contribution < -0.4 is 21.7 Å². The van der Waals surface area contributed by atoms with Crippen molar-refractivity contribution in [2.24, 2.45) is 5.73 Å². The maximum absolute atomic E-state index is 13.2. The quantitative estimate of drug-likeness (QED) is 0.140. The predicted molar refractivity (Wildman–Crippen MR) is 139 cm³/mol. The number of carboxylic acid groups (broad SMARTS) is 2. The first kappa shape index (κ1) is 30.3. The number of carboxylic acids is 2. The molecule has 8 N–H and O–H groups in total. The molecule has 0 saturated carbocycles. The average Bonchev–Trinajstić information content (AvgIpc) is 3.39. The summed E-state index contributed by atoms with van der Waals surface area (Å²) in [6.07, 6.45) is 4.16. The van der Waals surface area contributed by atoms with Crippen LogP contribution in [0.5, 0.6) is 0 Å². The maximum atomic E-state index is 13.2. The highest BCUT2D eigenvalue weighted by Crippen LogP contribution is 2.07. The Kier molecular flexibility index (Phi) is 12.3. The Balaban J connectivity index is 2.17. The summed E-state index contributed by atoms with van der Waals surface area (Å²) in [6, 6.07) is 3.48. The molecule has 206 valence electrons. The second kappa shape index (κ2) is 15.4. The fraction of sp³-hybridized carbons (Fsp3) is 0.417. The first-order chi connectivity index (χ1) is 18.1. The van der Waals surface area contributed by atoms with Gasteiger partial charge in [0.1, 0.15) is 18.1 Å². The van der Waals surface area contributed by atoms with Crippen LogP contribution in [-0.2, 0) is 36.8 Å². The van der Waals surface area contributed by atoms with Crippen LogP contribution in [0.25, 0.3) is 0 Å². The van der Waals surface area contributed by atoms with E-state index in [1.165, 1.54) is 24.3 Å². The van der Waals surface area contributed by atoms with Gasteiger partial charge >= 0.3 is 11.9 Å². The fourth-order valence-electron chi connectivity index (χ4n) is 3.46. The normalized spacial score (nSPS) is 13.9. The Labute approximate surface area is 223 Å². The molecule has 1 heterocycles. The molecule has 14 heteroatoms. The molecule has 0 spiro atoms. The number of amides is 3. The lowest BCUT2D eigenvalue weighted by Gasteiger charge is -2.24. The molecule has 4 unspecified atom stereocenters. The molecule has 2 aromatic rings. The topological polar surface area (TPSA) is 217 Å². The number of aromatic amines is 1. The number of aliphatic carboxylic acids is 2. The van der Waals surface area contributed by atoms with Crippen LogP contribution in [0.1, 0.15) is 24.1 Å². The molecule has 0 aliphatic rings. The monoisotopic (exact) mass is 548 g/mol. The largest absolute Gasteiger partial charge is 0.481 e. The average molecular weight is 549 g/mol. The Bertz CT molecular complexity index is 1080. The minimum atomic E-state index is -1.61. The van der Waals surface area contributed by atoms with Gasteiger partial charge in [-0.3, -0.25) is 19.2 Å². The molecule has 2 rings (SSSR count). The number of benzene rings is 1. The summed E-state index contributed by atoms with van der Waals surface area (Å²) in [5.41, 5.74) is 7.05. The molecule has 1 aromatic carbocycles. The van der Waals surface area contributed by atoms with Crippen molar-refractivity contribution in [3.63, 3.8) is 0 Å². The zero-order chi connectivity index (χ0) is 28.1. The number of hydrogen-bond acceptors (Lipinski definition) is 8. The Morgan fingerprint density at radius 1 is 0.947 bits per heavy atom. The van der Waals surface area contributed by atoms with Gasteiger partial charge in [-0.1, -0.05) is 30.3 Å². The van der Waals surface area contributed by atoms with E-state index >= 15 is 0 Å². The van der Waals surface area contributed by atoms with Gasteiger partial charge in [-0.15, -0.1) is 0 Å². The van der Waals surface area contributed by atoms with E-state index in [9.17, 15) is 34.2 Å². The maximum Gasteiger partial charge on any atom is 0.326 e. The highest BCUT2D eigenvalue weighted by Gasteiger charge is 2.32. The SMILES string of the molecule is CSCCC(N)C(=O)NC(Cc1cnc[nH]1)C(=O)NC(CC(=O)O)C(=O)NC(Cc1ccccc1)C(=O)O. The van der Waals surface area contributed by atoms with E-state index in [2.05, 4.69) is 25.9 Å². The number of nitrogens with one attached hydrogen (secondary N) is 4. The Hall–Kier alpha value is -3.91. The van der Waals surface area contributed by atoms with Gasteiger partial charge in [-0.25, -0.2) is 9.78 Å². The first-order valence-electron chi connectivity index (χ1n) is 11.7. The number of imidazole rings is 1. The molecule has 0 saturated heterocycles. The first-order valence-corrected chi connectivity index (χ1v) is 13.1. The smallest absolute Gasteiger partial charge is 0.326 e. The van der Waals surface area contributed by atoms with E-state index in [0.717, 1.165) is 0 Å². The second-order valence-electron chi connectivity index (χ2n) is 8.48. The number of H-pyrrole nitrogens is 1. The van der Waals surface area contributed by atoms with Crippen molar-refractivity contribution in [1.82, 2.24) is 25.9 Å². The molecule has 0 radical (unpaired) electrons. The minimum Gasteiger partial charge on any atom is -0.481 e. The number of carbonyl (C=O) groups is 5. The van der Waals surface area contributed by atoms with E-state index in [1.54, 1.807) is 30.3 Å². The van der Waals surface area contributed by atoms with Crippen LogP contribution in [0.15, 0.2) is 42.9 Å². The number of carbonyl (C=O) groups excluding carboxylic acids is 3. The Morgan fingerprint density at radius 3 is 2.16 bits per heavy atom. The van der Waals surface area contributed by atoms with Gasteiger partial charge in [0.25, 0.3) is 0 Å². The molecule has 1 aromatic heterocycles. The summed E-state index contributed by atoms with van der Waals surface area (Å²) < 4.78 is 0. The van der Waals surface area contributed by atoms with Gasteiger partial charge in [0.05, 0.1) is 18.8 Å². The van der Waals surface area contributed by atoms with E-state index in [0.29, 0.717) is 23.4 Å². The summed E-state index contributed by atoms with van der Waals surface area (Å²) in [4.78, 5) is 68.6. The molecule has 0 bridgehead atoms. The minimum absolute atomic E-state index is 0.0417. The third-order valence-electron chi connectivity index (χ3n) is 5.49. The molecule has 4 atom stereocenters. The highest BCUT2D eigenvalue weighted by atomic mass is 32.2. The molecule has 38 heavy (non-hydrogen) atoms. The predicted octanol–water partition coefficient (Wildman–Crippen LogP) is -0.711. The number of nitrogens with two attached hydrogens (primary N) is 1. The number of hydrogen-bond donors (Lipinski definition) is 7. The standard InChI is InChI=1S/C24H32N6O7S/c1-38-8-7-16(25)21(33)28-17(10-15-12-26-13-27-15)22(34)29-18(11-20(31)32)23(35)30-19(24(36)37)9-14-5-3-2-4-6-14/h2-6,12-13,16-19H,7-11,25H2,1H3,(H,26,27)(H,28,33)(H,29,34)(H,30,35)(H,31,32)(H,36,37). The highest BCUT2D eigenvalue weighted by molar-refractivity contribution is 7.98.